The number of para-hydroxylation sites is 2. The fourth-order valence-corrected chi connectivity index (χ4v) is 4.17. The molecule has 0 saturated carbocycles. The molecule has 1 aliphatic heterocycles. The number of halogens is 1. The Bertz CT molecular complexity index is 1440. The topological polar surface area (TPSA) is 59.7 Å². The van der Waals surface area contributed by atoms with Crippen molar-refractivity contribution in [3.63, 3.8) is 0 Å². The highest BCUT2D eigenvalue weighted by molar-refractivity contribution is 6.33. The zero-order chi connectivity index (χ0) is 24.4. The molecule has 0 radical (unpaired) electrons. The van der Waals surface area contributed by atoms with Crippen molar-refractivity contribution in [2.75, 3.05) is 11.6 Å². The third kappa shape index (κ3) is 4.48. The Morgan fingerprint density at radius 2 is 1.66 bits per heavy atom. The molecule has 0 spiro atoms. The second-order valence-corrected chi connectivity index (χ2v) is 8.39. The van der Waals surface area contributed by atoms with Gasteiger partial charge in [-0.1, -0.05) is 48.0 Å². The van der Waals surface area contributed by atoms with Crippen molar-refractivity contribution < 1.29 is 9.53 Å². The summed E-state index contributed by atoms with van der Waals surface area (Å²) in [6.45, 7) is 4.27. The van der Waals surface area contributed by atoms with Crippen molar-refractivity contribution in [3.05, 3.63) is 101 Å². The summed E-state index contributed by atoms with van der Waals surface area (Å²) in [5.74, 6) is 0.435. The molecule has 1 amide bonds. The highest BCUT2D eigenvalue weighted by atomic mass is 35.5. The zero-order valence-corrected chi connectivity index (χ0v) is 20.1. The number of nitrogens with zero attached hydrogens (tertiary/aromatic N) is 4. The molecule has 7 heteroatoms. The quantitative estimate of drug-likeness (QED) is 0.299. The summed E-state index contributed by atoms with van der Waals surface area (Å²) in [5.41, 5.74) is 5.08. The Labute approximate surface area is 208 Å². The molecule has 2 heterocycles. The summed E-state index contributed by atoms with van der Waals surface area (Å²) in [6.07, 6.45) is 3.75. The molecule has 1 aliphatic rings. The number of anilines is 1. The maximum Gasteiger partial charge on any atom is 0.280 e. The van der Waals surface area contributed by atoms with E-state index in [0.29, 0.717) is 34.4 Å². The van der Waals surface area contributed by atoms with Crippen molar-refractivity contribution in [2.45, 2.75) is 13.8 Å². The second-order valence-electron chi connectivity index (χ2n) is 7.99. The summed E-state index contributed by atoms with van der Waals surface area (Å²) >= 11 is 6.48. The average Bonchev–Trinajstić information content (AvgIpc) is 3.43. The van der Waals surface area contributed by atoms with Crippen LogP contribution in [0.1, 0.15) is 19.4 Å². The maximum absolute atomic E-state index is 13.3. The lowest BCUT2D eigenvalue weighted by molar-refractivity contribution is -0.114. The van der Waals surface area contributed by atoms with Gasteiger partial charge in [-0.2, -0.15) is 15.2 Å². The molecule has 4 aromatic rings. The standard InChI is InChI=1S/C28H23ClN4O2/c1-3-35-26-15-14-20(17-25(26)29)27-21(18-32(31-27)22-10-6-4-7-11-22)16-24-19(2)30-33(28(24)34)23-12-8-5-9-13-23/h4-18H,3H2,1-2H3. The van der Waals surface area contributed by atoms with Gasteiger partial charge in [0, 0.05) is 17.3 Å². The van der Waals surface area contributed by atoms with E-state index in [1.54, 1.807) is 4.68 Å². The predicted octanol–water partition coefficient (Wildman–Crippen LogP) is 6.40. The highest BCUT2D eigenvalue weighted by Gasteiger charge is 2.29. The molecule has 0 unspecified atom stereocenters. The number of benzene rings is 3. The van der Waals surface area contributed by atoms with Gasteiger partial charge < -0.3 is 4.74 Å². The van der Waals surface area contributed by atoms with Crippen molar-refractivity contribution in [1.82, 2.24) is 9.78 Å². The van der Waals surface area contributed by atoms with Crippen LogP contribution < -0.4 is 9.75 Å². The summed E-state index contributed by atoms with van der Waals surface area (Å²) in [6, 6.07) is 24.8. The van der Waals surface area contributed by atoms with Gasteiger partial charge in [0.25, 0.3) is 5.91 Å². The van der Waals surface area contributed by atoms with Gasteiger partial charge in [0.1, 0.15) is 11.4 Å². The Hall–Kier alpha value is -4.16. The van der Waals surface area contributed by atoms with Gasteiger partial charge in [0.05, 0.1) is 34.3 Å². The highest BCUT2D eigenvalue weighted by Crippen LogP contribution is 2.33. The molecule has 0 saturated heterocycles. The third-order valence-electron chi connectivity index (χ3n) is 5.63. The predicted molar refractivity (Wildman–Crippen MR) is 140 cm³/mol. The molecule has 5 rings (SSSR count). The zero-order valence-electron chi connectivity index (χ0n) is 19.4. The van der Waals surface area contributed by atoms with Crippen LogP contribution in [0.4, 0.5) is 5.69 Å². The monoisotopic (exact) mass is 482 g/mol. The van der Waals surface area contributed by atoms with Crippen LogP contribution in [-0.4, -0.2) is 28.0 Å². The second kappa shape index (κ2) is 9.60. The molecule has 174 valence electrons. The van der Waals surface area contributed by atoms with E-state index < -0.39 is 0 Å². The number of hydrogen-bond donors (Lipinski definition) is 0. The molecular formula is C28H23ClN4O2. The van der Waals surface area contributed by atoms with Gasteiger partial charge in [0.2, 0.25) is 0 Å². The first-order chi connectivity index (χ1) is 17.0. The number of hydrogen-bond acceptors (Lipinski definition) is 4. The molecule has 35 heavy (non-hydrogen) atoms. The largest absolute Gasteiger partial charge is 0.492 e. The van der Waals surface area contributed by atoms with Crippen LogP contribution in [0.2, 0.25) is 5.02 Å². The Kier molecular flexibility index (Phi) is 6.21. The van der Waals surface area contributed by atoms with E-state index in [9.17, 15) is 4.79 Å². The fourth-order valence-electron chi connectivity index (χ4n) is 3.93. The van der Waals surface area contributed by atoms with E-state index in [4.69, 9.17) is 21.4 Å². The normalized spacial score (nSPS) is 14.5. The van der Waals surface area contributed by atoms with Gasteiger partial charge in [-0.3, -0.25) is 4.79 Å². The molecule has 3 aromatic carbocycles. The molecule has 0 atom stereocenters. The SMILES string of the molecule is CCOc1ccc(-c2nn(-c3ccccc3)cc2C=C2C(=O)N(c3ccccc3)N=C2C)cc1Cl. The number of carbonyl (C=O) groups excluding carboxylic acids is 1. The van der Waals surface area contributed by atoms with Crippen molar-refractivity contribution in [3.8, 4) is 22.7 Å². The molecule has 0 N–H and O–H groups in total. The first-order valence-electron chi connectivity index (χ1n) is 11.3. The van der Waals surface area contributed by atoms with E-state index in [-0.39, 0.29) is 5.91 Å². The molecule has 1 aromatic heterocycles. The van der Waals surface area contributed by atoms with Crippen molar-refractivity contribution in [1.29, 1.82) is 0 Å². The van der Waals surface area contributed by atoms with E-state index in [1.165, 1.54) is 5.01 Å². The summed E-state index contributed by atoms with van der Waals surface area (Å²) in [5, 5.41) is 11.3. The van der Waals surface area contributed by atoms with Gasteiger partial charge in [-0.05, 0) is 62.4 Å². The minimum atomic E-state index is -0.183. The van der Waals surface area contributed by atoms with Gasteiger partial charge in [-0.25, -0.2) is 4.68 Å². The Morgan fingerprint density at radius 1 is 0.971 bits per heavy atom. The van der Waals surface area contributed by atoms with Crippen LogP contribution in [0.25, 0.3) is 23.0 Å². The molecule has 0 fully saturated rings. The van der Waals surface area contributed by atoms with Gasteiger partial charge in [-0.15, -0.1) is 0 Å². The smallest absolute Gasteiger partial charge is 0.280 e. The van der Waals surface area contributed by atoms with Crippen LogP contribution in [0.5, 0.6) is 5.75 Å². The van der Waals surface area contributed by atoms with Crippen molar-refractivity contribution >= 4 is 35.0 Å². The molecule has 0 aliphatic carbocycles. The summed E-state index contributed by atoms with van der Waals surface area (Å²) in [7, 11) is 0. The maximum atomic E-state index is 13.3. The van der Waals surface area contributed by atoms with Crippen molar-refractivity contribution in [2.24, 2.45) is 5.10 Å². The molecule has 0 bridgehead atoms. The van der Waals surface area contributed by atoms with Gasteiger partial charge >= 0.3 is 0 Å². The first-order valence-corrected chi connectivity index (χ1v) is 11.7. The van der Waals surface area contributed by atoms with E-state index in [1.807, 2.05) is 105 Å². The van der Waals surface area contributed by atoms with Crippen LogP contribution in [0.15, 0.2) is 95.7 Å². The number of aromatic nitrogens is 2. The first kappa shape index (κ1) is 22.6. The lowest BCUT2D eigenvalue weighted by Gasteiger charge is -2.11. The summed E-state index contributed by atoms with van der Waals surface area (Å²) in [4.78, 5) is 13.3. The number of amides is 1. The van der Waals surface area contributed by atoms with E-state index in [2.05, 4.69) is 5.10 Å². The minimum absolute atomic E-state index is 0.183. The number of carbonyl (C=O) groups is 1. The average molecular weight is 483 g/mol. The minimum Gasteiger partial charge on any atom is -0.492 e. The lowest BCUT2D eigenvalue weighted by Crippen LogP contribution is -2.21. The van der Waals surface area contributed by atoms with Gasteiger partial charge in [0.15, 0.2) is 0 Å². The van der Waals surface area contributed by atoms with Crippen LogP contribution in [-0.2, 0) is 4.79 Å². The third-order valence-corrected chi connectivity index (χ3v) is 5.93. The number of rotatable bonds is 6. The number of hydrazone groups is 1. The Morgan fingerprint density at radius 3 is 2.31 bits per heavy atom. The molecular weight excluding hydrogens is 460 g/mol. The van der Waals surface area contributed by atoms with Crippen LogP contribution in [0.3, 0.4) is 0 Å². The lowest BCUT2D eigenvalue weighted by atomic mass is 10.0. The van der Waals surface area contributed by atoms with E-state index in [0.717, 1.165) is 22.5 Å². The fraction of sp³-hybridized carbons (Fsp3) is 0.107. The Balaban J connectivity index is 1.60. The van der Waals surface area contributed by atoms with E-state index >= 15 is 0 Å². The summed E-state index contributed by atoms with van der Waals surface area (Å²) < 4.78 is 7.39. The van der Waals surface area contributed by atoms with Crippen LogP contribution >= 0.6 is 11.6 Å². The van der Waals surface area contributed by atoms with Crippen LogP contribution in [0, 0.1) is 0 Å². The number of ether oxygens (including phenoxy) is 1. The molecule has 6 nitrogen and oxygen atoms in total.